The second kappa shape index (κ2) is 13.7. The van der Waals surface area contributed by atoms with Gasteiger partial charge in [0.05, 0.1) is 34.5 Å². The van der Waals surface area contributed by atoms with Crippen LogP contribution < -0.4 is 4.74 Å². The summed E-state index contributed by atoms with van der Waals surface area (Å²) >= 11 is 0. The third kappa shape index (κ3) is 6.33. The first-order valence-electron chi connectivity index (χ1n) is 15.9. The van der Waals surface area contributed by atoms with Crippen LogP contribution >= 0.6 is 0 Å². The number of imide groups is 1. The maximum atomic E-state index is 14.0. The Morgan fingerprint density at radius 2 is 1.52 bits per heavy atom. The van der Waals surface area contributed by atoms with Crippen LogP contribution in [0.1, 0.15) is 103 Å². The van der Waals surface area contributed by atoms with E-state index in [-0.39, 0.29) is 22.5 Å². The lowest BCUT2D eigenvalue weighted by Crippen LogP contribution is -2.42. The topological polar surface area (TPSA) is 101 Å². The van der Waals surface area contributed by atoms with Gasteiger partial charge in [0.2, 0.25) is 0 Å². The molecule has 2 heterocycles. The molecule has 0 spiro atoms. The molecule has 0 saturated heterocycles. The number of hydrogen-bond acceptors (Lipinski definition) is 6. The SMILES string of the molecule is CCCC[C@@]1(CC)CS(=O)(=O)c2cc(OCCCCCCN3C(=O)c4ccccc4C3=O)ccc2[C@@H](c2ccccc2)C1O. The lowest BCUT2D eigenvalue weighted by atomic mass is 9.69. The molecule has 2 aliphatic rings. The highest BCUT2D eigenvalue weighted by molar-refractivity contribution is 7.91. The average molecular weight is 618 g/mol. The number of carbonyl (C=O) groups excluding carboxylic acids is 2. The Kier molecular flexibility index (Phi) is 9.90. The van der Waals surface area contributed by atoms with Gasteiger partial charge in [-0.15, -0.1) is 0 Å². The smallest absolute Gasteiger partial charge is 0.261 e. The standard InChI is InChI=1S/C36H43NO6S/c1-3-5-21-36(4-2)25-44(41,42)31-24-27(19-20-30(31)32(33(36)38)26-15-9-8-10-16-26)43-23-14-7-6-13-22-37-34(39)28-17-11-12-18-29(28)35(37)40/h8-12,15-20,24,32-33,38H,3-7,13-14,21-23,25H2,1-2H3/t32-,33?,36+/m1/s1. The van der Waals surface area contributed by atoms with E-state index in [0.29, 0.717) is 54.9 Å². The minimum Gasteiger partial charge on any atom is -0.494 e. The first-order chi connectivity index (χ1) is 21.2. The van der Waals surface area contributed by atoms with E-state index < -0.39 is 27.3 Å². The van der Waals surface area contributed by atoms with Gasteiger partial charge in [-0.05, 0) is 61.1 Å². The van der Waals surface area contributed by atoms with Crippen molar-refractivity contribution in [3.05, 3.63) is 95.1 Å². The third-order valence-corrected chi connectivity index (χ3v) is 11.4. The molecule has 3 aromatic carbocycles. The van der Waals surface area contributed by atoms with E-state index in [1.54, 1.807) is 30.3 Å². The molecule has 3 aromatic rings. The molecule has 2 amide bonds. The summed E-state index contributed by atoms with van der Waals surface area (Å²) in [5.41, 5.74) is 1.72. The number of aliphatic hydroxyl groups excluding tert-OH is 1. The van der Waals surface area contributed by atoms with Crippen LogP contribution in [0, 0.1) is 5.41 Å². The lowest BCUT2D eigenvalue weighted by molar-refractivity contribution is 0.0174. The van der Waals surface area contributed by atoms with Crippen LogP contribution in [0.2, 0.25) is 0 Å². The van der Waals surface area contributed by atoms with Crippen LogP contribution in [0.3, 0.4) is 0 Å². The highest BCUT2D eigenvalue weighted by Crippen LogP contribution is 2.49. The van der Waals surface area contributed by atoms with Crippen LogP contribution in [0.5, 0.6) is 5.75 Å². The zero-order valence-electron chi connectivity index (χ0n) is 25.7. The Balaban J connectivity index is 1.24. The molecule has 1 N–H and O–H groups in total. The number of benzene rings is 3. The minimum atomic E-state index is -3.70. The van der Waals surface area contributed by atoms with Gasteiger partial charge in [-0.3, -0.25) is 14.5 Å². The fourth-order valence-corrected chi connectivity index (χ4v) is 9.09. The van der Waals surface area contributed by atoms with Crippen molar-refractivity contribution < 1.29 is 27.9 Å². The predicted molar refractivity (Wildman–Crippen MR) is 171 cm³/mol. The fraction of sp³-hybridized carbons (Fsp3) is 0.444. The zero-order chi connectivity index (χ0) is 31.3. The van der Waals surface area contributed by atoms with Crippen molar-refractivity contribution in [2.45, 2.75) is 82.1 Å². The van der Waals surface area contributed by atoms with E-state index in [9.17, 15) is 23.1 Å². The molecule has 0 bridgehead atoms. The Hall–Kier alpha value is -3.49. The molecular formula is C36H43NO6S. The largest absolute Gasteiger partial charge is 0.494 e. The van der Waals surface area contributed by atoms with Crippen molar-refractivity contribution in [1.29, 1.82) is 0 Å². The summed E-state index contributed by atoms with van der Waals surface area (Å²) < 4.78 is 34.0. The van der Waals surface area contributed by atoms with Crippen LogP contribution in [0.15, 0.2) is 77.7 Å². The molecule has 5 rings (SSSR count). The van der Waals surface area contributed by atoms with Gasteiger partial charge in [0.15, 0.2) is 9.84 Å². The number of rotatable bonds is 13. The quantitative estimate of drug-likeness (QED) is 0.167. The van der Waals surface area contributed by atoms with Crippen LogP contribution in [-0.2, 0) is 9.84 Å². The van der Waals surface area contributed by atoms with E-state index in [0.717, 1.165) is 37.7 Å². The predicted octanol–water partition coefficient (Wildman–Crippen LogP) is 6.79. The molecule has 7 nitrogen and oxygen atoms in total. The van der Waals surface area contributed by atoms with Crippen molar-refractivity contribution in [3.63, 3.8) is 0 Å². The third-order valence-electron chi connectivity index (χ3n) is 9.39. The summed E-state index contributed by atoms with van der Waals surface area (Å²) in [6, 6.07) is 21.9. The monoisotopic (exact) mass is 617 g/mol. The molecule has 0 radical (unpaired) electrons. The Bertz CT molecular complexity index is 1550. The summed E-state index contributed by atoms with van der Waals surface area (Å²) in [4.78, 5) is 26.7. The molecule has 0 saturated carbocycles. The van der Waals surface area contributed by atoms with E-state index in [2.05, 4.69) is 6.92 Å². The van der Waals surface area contributed by atoms with Crippen molar-refractivity contribution in [3.8, 4) is 5.75 Å². The summed E-state index contributed by atoms with van der Waals surface area (Å²) in [5, 5.41) is 11.9. The number of amides is 2. The maximum absolute atomic E-state index is 14.0. The van der Waals surface area contributed by atoms with Crippen molar-refractivity contribution in [1.82, 2.24) is 4.90 Å². The molecule has 3 atom stereocenters. The highest BCUT2D eigenvalue weighted by Gasteiger charge is 2.49. The number of sulfone groups is 1. The highest BCUT2D eigenvalue weighted by atomic mass is 32.2. The van der Waals surface area contributed by atoms with E-state index in [4.69, 9.17) is 4.74 Å². The van der Waals surface area contributed by atoms with Gasteiger partial charge >= 0.3 is 0 Å². The molecule has 1 unspecified atom stereocenters. The number of nitrogens with zero attached hydrogens (tertiary/aromatic N) is 1. The van der Waals surface area contributed by atoms with Gasteiger partial charge in [0, 0.05) is 17.9 Å². The molecule has 234 valence electrons. The van der Waals surface area contributed by atoms with Gasteiger partial charge in [0.25, 0.3) is 11.8 Å². The van der Waals surface area contributed by atoms with Gasteiger partial charge in [-0.25, -0.2) is 8.42 Å². The average Bonchev–Trinajstić information content (AvgIpc) is 3.24. The maximum Gasteiger partial charge on any atom is 0.261 e. The second-order valence-electron chi connectivity index (χ2n) is 12.2. The molecular weight excluding hydrogens is 574 g/mol. The summed E-state index contributed by atoms with van der Waals surface area (Å²) in [6.07, 6.45) is 5.31. The number of aliphatic hydroxyl groups is 1. The van der Waals surface area contributed by atoms with Crippen molar-refractivity contribution >= 4 is 21.7 Å². The van der Waals surface area contributed by atoms with Crippen molar-refractivity contribution in [2.24, 2.45) is 5.41 Å². The summed E-state index contributed by atoms with van der Waals surface area (Å²) in [5.74, 6) is -0.509. The number of fused-ring (bicyclic) bond motifs is 2. The molecule has 0 aromatic heterocycles. The number of ether oxygens (including phenoxy) is 1. The summed E-state index contributed by atoms with van der Waals surface area (Å²) in [7, 11) is -3.70. The second-order valence-corrected chi connectivity index (χ2v) is 14.1. The Labute approximate surface area is 261 Å². The first kappa shape index (κ1) is 31.9. The van der Waals surface area contributed by atoms with E-state index in [1.807, 2.05) is 49.4 Å². The minimum absolute atomic E-state index is 0.0927. The van der Waals surface area contributed by atoms with Crippen molar-refractivity contribution in [2.75, 3.05) is 18.9 Å². The summed E-state index contributed by atoms with van der Waals surface area (Å²) in [6.45, 7) is 4.89. The molecule has 2 aliphatic heterocycles. The van der Waals surface area contributed by atoms with E-state index in [1.165, 1.54) is 4.90 Å². The number of hydrogen-bond donors (Lipinski definition) is 1. The molecule has 0 aliphatic carbocycles. The van der Waals surface area contributed by atoms with Crippen LogP contribution in [-0.4, -0.2) is 55.2 Å². The fourth-order valence-electron chi connectivity index (χ4n) is 6.81. The van der Waals surface area contributed by atoms with Gasteiger partial charge in [-0.2, -0.15) is 0 Å². The van der Waals surface area contributed by atoms with Crippen LogP contribution in [0.4, 0.5) is 0 Å². The normalized spacial score (nSPS) is 22.4. The van der Waals surface area contributed by atoms with E-state index >= 15 is 0 Å². The Morgan fingerprint density at radius 3 is 2.18 bits per heavy atom. The number of carbonyl (C=O) groups is 2. The van der Waals surface area contributed by atoms with Gasteiger partial charge in [0.1, 0.15) is 5.75 Å². The zero-order valence-corrected chi connectivity index (χ0v) is 26.5. The Morgan fingerprint density at radius 1 is 0.864 bits per heavy atom. The number of unbranched alkanes of at least 4 members (excludes halogenated alkanes) is 4. The van der Waals surface area contributed by atoms with Crippen LogP contribution in [0.25, 0.3) is 0 Å². The molecule has 44 heavy (non-hydrogen) atoms. The lowest BCUT2D eigenvalue weighted by Gasteiger charge is -2.39. The van der Waals surface area contributed by atoms with Gasteiger partial charge in [-0.1, -0.05) is 88.1 Å². The van der Waals surface area contributed by atoms with Gasteiger partial charge < -0.3 is 9.84 Å². The first-order valence-corrected chi connectivity index (χ1v) is 17.6. The molecule has 8 heteroatoms. The molecule has 0 fully saturated rings.